The second-order valence-corrected chi connectivity index (χ2v) is 10.2. The summed E-state index contributed by atoms with van der Waals surface area (Å²) in [5, 5.41) is 0. The van der Waals surface area contributed by atoms with Gasteiger partial charge in [-0.1, -0.05) is 29.5 Å². The van der Waals surface area contributed by atoms with E-state index in [1.807, 2.05) is 4.57 Å². The zero-order valence-electron chi connectivity index (χ0n) is 19.9. The van der Waals surface area contributed by atoms with Crippen molar-refractivity contribution in [3.05, 3.63) is 77.1 Å². The molecule has 4 rings (SSSR count). The zero-order valence-corrected chi connectivity index (χ0v) is 21.6. The first-order valence-electron chi connectivity index (χ1n) is 10.9. The first kappa shape index (κ1) is 25.4. The molecule has 0 bridgehead atoms. The van der Waals surface area contributed by atoms with E-state index in [-0.39, 0.29) is 4.90 Å². The Bertz CT molecular complexity index is 1540. The fourth-order valence-corrected chi connectivity index (χ4v) is 5.82. The molecule has 1 aromatic heterocycles. The molecule has 1 N–H and O–H groups in total. The SMILES string of the molecule is COCCn1c(=NC(=O)c2ccc(NS(=O)(=O)c3ccccc3)cc2)sc2c(OC)ccc(OC)c21. The monoisotopic (exact) mass is 527 g/mol. The molecule has 9 nitrogen and oxygen atoms in total. The van der Waals surface area contributed by atoms with Crippen molar-refractivity contribution in [3.8, 4) is 11.5 Å². The average molecular weight is 528 g/mol. The van der Waals surface area contributed by atoms with E-state index in [1.54, 1.807) is 51.7 Å². The Morgan fingerprint density at radius 2 is 1.61 bits per heavy atom. The quantitative estimate of drug-likeness (QED) is 0.354. The molecule has 0 aliphatic heterocycles. The number of carbonyl (C=O) groups excluding carboxylic acids is 1. The van der Waals surface area contributed by atoms with Crippen LogP contribution in [0.1, 0.15) is 10.4 Å². The maximum Gasteiger partial charge on any atom is 0.279 e. The highest BCUT2D eigenvalue weighted by Crippen LogP contribution is 2.35. The topological polar surface area (TPSA) is 108 Å². The van der Waals surface area contributed by atoms with Gasteiger partial charge in [0, 0.05) is 24.9 Å². The molecule has 11 heteroatoms. The average Bonchev–Trinajstić information content (AvgIpc) is 3.25. The number of methoxy groups -OCH3 is 3. The van der Waals surface area contributed by atoms with Gasteiger partial charge in [-0.2, -0.15) is 4.99 Å². The maximum atomic E-state index is 13.0. The van der Waals surface area contributed by atoms with Gasteiger partial charge in [-0.25, -0.2) is 8.42 Å². The number of anilines is 1. The molecule has 0 fully saturated rings. The number of sulfonamides is 1. The highest BCUT2D eigenvalue weighted by atomic mass is 32.2. The summed E-state index contributed by atoms with van der Waals surface area (Å²) in [6.45, 7) is 0.857. The summed E-state index contributed by atoms with van der Waals surface area (Å²) in [6, 6.07) is 17.8. The molecule has 0 aliphatic rings. The summed E-state index contributed by atoms with van der Waals surface area (Å²) in [5.41, 5.74) is 1.41. The predicted octanol–water partition coefficient (Wildman–Crippen LogP) is 3.91. The van der Waals surface area contributed by atoms with Gasteiger partial charge in [0.15, 0.2) is 4.80 Å². The summed E-state index contributed by atoms with van der Waals surface area (Å²) in [5.74, 6) is 0.802. The van der Waals surface area contributed by atoms with E-state index in [2.05, 4.69) is 9.71 Å². The molecule has 0 unspecified atom stereocenters. The molecule has 0 saturated heterocycles. The Morgan fingerprint density at radius 3 is 2.25 bits per heavy atom. The van der Waals surface area contributed by atoms with E-state index in [4.69, 9.17) is 14.2 Å². The number of amides is 1. The molecule has 0 radical (unpaired) electrons. The Labute approximate surface area is 212 Å². The van der Waals surface area contributed by atoms with Gasteiger partial charge in [0.05, 0.1) is 25.7 Å². The lowest BCUT2D eigenvalue weighted by Gasteiger charge is -2.10. The molecule has 1 heterocycles. The molecular weight excluding hydrogens is 502 g/mol. The van der Waals surface area contributed by atoms with E-state index < -0.39 is 15.9 Å². The summed E-state index contributed by atoms with van der Waals surface area (Å²) < 4.78 is 46.6. The molecule has 0 saturated carbocycles. The van der Waals surface area contributed by atoms with Crippen LogP contribution in [0.2, 0.25) is 0 Å². The number of aromatic nitrogens is 1. The second-order valence-electron chi connectivity index (χ2n) is 7.59. The summed E-state index contributed by atoms with van der Waals surface area (Å²) in [7, 11) is 1.02. The van der Waals surface area contributed by atoms with Gasteiger partial charge < -0.3 is 18.8 Å². The van der Waals surface area contributed by atoms with Crippen molar-refractivity contribution in [1.82, 2.24) is 4.57 Å². The highest BCUT2D eigenvalue weighted by molar-refractivity contribution is 7.92. The number of hydrogen-bond acceptors (Lipinski definition) is 7. The molecule has 0 atom stereocenters. The van der Waals surface area contributed by atoms with Crippen molar-refractivity contribution < 1.29 is 27.4 Å². The number of carbonyl (C=O) groups is 1. The third kappa shape index (κ3) is 5.27. The van der Waals surface area contributed by atoms with Crippen LogP contribution in [-0.4, -0.2) is 46.8 Å². The van der Waals surface area contributed by atoms with Crippen LogP contribution in [0.25, 0.3) is 10.2 Å². The molecule has 36 heavy (non-hydrogen) atoms. The highest BCUT2D eigenvalue weighted by Gasteiger charge is 2.17. The fourth-order valence-electron chi connectivity index (χ4n) is 3.58. The molecule has 4 aromatic rings. The van der Waals surface area contributed by atoms with Gasteiger partial charge in [0.2, 0.25) is 0 Å². The van der Waals surface area contributed by atoms with Crippen LogP contribution in [0.15, 0.2) is 76.6 Å². The van der Waals surface area contributed by atoms with Gasteiger partial charge in [0.25, 0.3) is 15.9 Å². The van der Waals surface area contributed by atoms with Gasteiger partial charge >= 0.3 is 0 Å². The largest absolute Gasteiger partial charge is 0.495 e. The lowest BCUT2D eigenvalue weighted by molar-refractivity contribution is 0.0997. The van der Waals surface area contributed by atoms with Crippen LogP contribution in [0.3, 0.4) is 0 Å². The number of hydrogen-bond donors (Lipinski definition) is 1. The molecule has 1 amide bonds. The maximum absolute atomic E-state index is 13.0. The molecule has 3 aromatic carbocycles. The van der Waals surface area contributed by atoms with E-state index in [0.29, 0.717) is 40.7 Å². The standard InChI is InChI=1S/C25H25N3O6S2/c1-32-16-15-28-22-20(33-2)13-14-21(34-3)23(22)35-25(28)26-24(29)17-9-11-18(12-10-17)27-36(30,31)19-7-5-4-6-8-19/h4-14,27H,15-16H2,1-3H3. The lowest BCUT2D eigenvalue weighted by Crippen LogP contribution is -2.19. The number of fused-ring (bicyclic) bond motifs is 1. The van der Waals surface area contributed by atoms with E-state index in [1.165, 1.54) is 47.7 Å². The van der Waals surface area contributed by atoms with Crippen LogP contribution in [-0.2, 0) is 21.3 Å². The molecule has 188 valence electrons. The minimum Gasteiger partial charge on any atom is -0.495 e. The summed E-state index contributed by atoms with van der Waals surface area (Å²) in [4.78, 5) is 18.0. The molecule has 0 spiro atoms. The van der Waals surface area contributed by atoms with Crippen LogP contribution in [0.4, 0.5) is 5.69 Å². The molecular formula is C25H25N3O6S2. The van der Waals surface area contributed by atoms with Crippen LogP contribution in [0.5, 0.6) is 11.5 Å². The zero-order chi connectivity index (χ0) is 25.7. The smallest absolute Gasteiger partial charge is 0.279 e. The normalized spacial score (nSPS) is 12.0. The Kier molecular flexibility index (Phi) is 7.73. The molecule has 0 aliphatic carbocycles. The number of rotatable bonds is 9. The van der Waals surface area contributed by atoms with Crippen LogP contribution >= 0.6 is 11.3 Å². The number of nitrogens with zero attached hydrogens (tertiary/aromatic N) is 2. The van der Waals surface area contributed by atoms with Crippen molar-refractivity contribution in [2.45, 2.75) is 11.4 Å². The second kappa shape index (κ2) is 10.9. The van der Waals surface area contributed by atoms with Gasteiger partial charge in [-0.05, 0) is 48.5 Å². The Hall–Kier alpha value is -3.67. The van der Waals surface area contributed by atoms with Gasteiger partial charge in [-0.3, -0.25) is 9.52 Å². The van der Waals surface area contributed by atoms with Crippen molar-refractivity contribution >= 4 is 43.2 Å². The van der Waals surface area contributed by atoms with Crippen LogP contribution in [0, 0.1) is 0 Å². The van der Waals surface area contributed by atoms with Crippen molar-refractivity contribution in [3.63, 3.8) is 0 Å². The number of ether oxygens (including phenoxy) is 3. The van der Waals surface area contributed by atoms with Crippen molar-refractivity contribution in [2.24, 2.45) is 4.99 Å². The number of nitrogens with one attached hydrogen (secondary N) is 1. The van der Waals surface area contributed by atoms with Crippen molar-refractivity contribution in [1.29, 1.82) is 0 Å². The minimum atomic E-state index is -3.73. The number of benzene rings is 3. The van der Waals surface area contributed by atoms with E-state index in [9.17, 15) is 13.2 Å². The Balaban J connectivity index is 1.68. The summed E-state index contributed by atoms with van der Waals surface area (Å²) in [6.07, 6.45) is 0. The first-order valence-corrected chi connectivity index (χ1v) is 13.2. The third-order valence-electron chi connectivity index (χ3n) is 5.35. The third-order valence-corrected chi connectivity index (χ3v) is 7.84. The first-order chi connectivity index (χ1) is 17.4. The van der Waals surface area contributed by atoms with Crippen LogP contribution < -0.4 is 19.0 Å². The fraction of sp³-hybridized carbons (Fsp3) is 0.200. The summed E-state index contributed by atoms with van der Waals surface area (Å²) >= 11 is 1.31. The van der Waals surface area contributed by atoms with Crippen molar-refractivity contribution in [2.75, 3.05) is 32.7 Å². The van der Waals surface area contributed by atoms with E-state index >= 15 is 0 Å². The van der Waals surface area contributed by atoms with Gasteiger partial charge in [0.1, 0.15) is 21.7 Å². The predicted molar refractivity (Wildman–Crippen MR) is 138 cm³/mol. The Morgan fingerprint density at radius 1 is 0.944 bits per heavy atom. The number of thiazole rings is 1. The minimum absolute atomic E-state index is 0.149. The lowest BCUT2D eigenvalue weighted by atomic mass is 10.2. The van der Waals surface area contributed by atoms with E-state index in [0.717, 1.165) is 10.2 Å². The van der Waals surface area contributed by atoms with Gasteiger partial charge in [-0.15, -0.1) is 0 Å².